The number of para-hydroxylation sites is 1. The molecule has 1 N–H and O–H groups in total. The van der Waals surface area contributed by atoms with E-state index in [9.17, 15) is 9.18 Å². The second-order valence-corrected chi connectivity index (χ2v) is 8.41. The van der Waals surface area contributed by atoms with Gasteiger partial charge in [0.15, 0.2) is 0 Å². The summed E-state index contributed by atoms with van der Waals surface area (Å²) in [5.41, 5.74) is 4.84. The number of rotatable bonds is 6. The molecule has 0 unspecified atom stereocenters. The number of aromatic nitrogens is 3. The minimum atomic E-state index is -0.482. The van der Waals surface area contributed by atoms with Crippen molar-refractivity contribution in [3.63, 3.8) is 0 Å². The first kappa shape index (κ1) is 21.7. The first-order valence-corrected chi connectivity index (χ1v) is 10.9. The standard InChI is InChI=1S/C24H23FN4O2S/c1-14-19(13-17-9-11-18(31-4)12-10-17)16(3)29(28-14)24-26-15(2)22(32-24)23(30)27-21-8-6-5-7-20(21)25/h5-12H,13H2,1-4H3,(H,27,30). The Morgan fingerprint density at radius 2 is 1.81 bits per heavy atom. The van der Waals surface area contributed by atoms with E-state index in [1.807, 2.05) is 38.1 Å². The summed E-state index contributed by atoms with van der Waals surface area (Å²) in [6.45, 7) is 5.73. The highest BCUT2D eigenvalue weighted by Crippen LogP contribution is 2.27. The van der Waals surface area contributed by atoms with Gasteiger partial charge in [0.25, 0.3) is 5.91 Å². The highest BCUT2D eigenvalue weighted by molar-refractivity contribution is 7.16. The van der Waals surface area contributed by atoms with E-state index >= 15 is 0 Å². The van der Waals surface area contributed by atoms with E-state index in [1.165, 1.54) is 23.5 Å². The molecule has 4 rings (SSSR count). The SMILES string of the molecule is COc1ccc(Cc2c(C)nn(-c3nc(C)c(C(=O)Nc4ccccc4F)s3)c2C)cc1. The first-order chi connectivity index (χ1) is 15.4. The van der Waals surface area contributed by atoms with Crippen molar-refractivity contribution < 1.29 is 13.9 Å². The van der Waals surface area contributed by atoms with Gasteiger partial charge in [0.2, 0.25) is 5.13 Å². The fraction of sp³-hybridized carbons (Fsp3) is 0.208. The fourth-order valence-corrected chi connectivity index (χ4v) is 4.46. The number of anilines is 1. The number of halogens is 1. The number of thiazole rings is 1. The van der Waals surface area contributed by atoms with Crippen LogP contribution in [-0.4, -0.2) is 27.8 Å². The smallest absolute Gasteiger partial charge is 0.267 e. The van der Waals surface area contributed by atoms with Gasteiger partial charge in [-0.15, -0.1) is 0 Å². The van der Waals surface area contributed by atoms with Crippen molar-refractivity contribution in [1.82, 2.24) is 14.8 Å². The largest absolute Gasteiger partial charge is 0.497 e. The molecule has 0 bridgehead atoms. The molecule has 0 aliphatic rings. The summed E-state index contributed by atoms with van der Waals surface area (Å²) in [5, 5.41) is 7.89. The fourth-order valence-electron chi connectivity index (χ4n) is 3.49. The molecule has 2 aromatic heterocycles. The molecule has 0 saturated carbocycles. The van der Waals surface area contributed by atoms with Gasteiger partial charge in [0, 0.05) is 17.7 Å². The van der Waals surface area contributed by atoms with Crippen molar-refractivity contribution in [3.05, 3.63) is 87.4 Å². The number of carbonyl (C=O) groups is 1. The van der Waals surface area contributed by atoms with Crippen LogP contribution in [0.15, 0.2) is 48.5 Å². The number of amides is 1. The van der Waals surface area contributed by atoms with E-state index in [4.69, 9.17) is 4.74 Å². The lowest BCUT2D eigenvalue weighted by Gasteiger charge is -2.05. The summed E-state index contributed by atoms with van der Waals surface area (Å²) in [6, 6.07) is 14.0. The number of nitrogens with zero attached hydrogens (tertiary/aromatic N) is 3. The van der Waals surface area contributed by atoms with Crippen LogP contribution in [0.3, 0.4) is 0 Å². The van der Waals surface area contributed by atoms with Gasteiger partial charge in [-0.2, -0.15) is 5.10 Å². The third-order valence-electron chi connectivity index (χ3n) is 5.28. The lowest BCUT2D eigenvalue weighted by molar-refractivity contribution is 0.102. The molecule has 164 valence electrons. The zero-order chi connectivity index (χ0) is 22.8. The lowest BCUT2D eigenvalue weighted by Crippen LogP contribution is -2.12. The average Bonchev–Trinajstić information content (AvgIpc) is 3.30. The zero-order valence-corrected chi connectivity index (χ0v) is 19.1. The lowest BCUT2D eigenvalue weighted by atomic mass is 10.0. The van der Waals surface area contributed by atoms with Crippen LogP contribution < -0.4 is 10.1 Å². The van der Waals surface area contributed by atoms with Crippen LogP contribution in [-0.2, 0) is 6.42 Å². The number of carbonyl (C=O) groups excluding carboxylic acids is 1. The number of hydrogen-bond donors (Lipinski definition) is 1. The van der Waals surface area contributed by atoms with Crippen LogP contribution in [0.25, 0.3) is 5.13 Å². The molecule has 0 fully saturated rings. The highest BCUT2D eigenvalue weighted by Gasteiger charge is 2.21. The van der Waals surface area contributed by atoms with Crippen molar-refractivity contribution in [2.45, 2.75) is 27.2 Å². The molecule has 4 aromatic rings. The summed E-state index contributed by atoms with van der Waals surface area (Å²) in [7, 11) is 1.65. The number of methoxy groups -OCH3 is 1. The monoisotopic (exact) mass is 450 g/mol. The predicted octanol–water partition coefficient (Wildman–Crippen LogP) is 5.24. The van der Waals surface area contributed by atoms with E-state index < -0.39 is 11.7 Å². The summed E-state index contributed by atoms with van der Waals surface area (Å²) < 4.78 is 20.9. The van der Waals surface area contributed by atoms with Gasteiger partial charge >= 0.3 is 0 Å². The minimum absolute atomic E-state index is 0.139. The zero-order valence-electron chi connectivity index (χ0n) is 18.3. The molecule has 2 aromatic carbocycles. The molecule has 6 nitrogen and oxygen atoms in total. The summed E-state index contributed by atoms with van der Waals surface area (Å²) in [6.07, 6.45) is 0.729. The van der Waals surface area contributed by atoms with Crippen molar-refractivity contribution in [1.29, 1.82) is 0 Å². The maximum absolute atomic E-state index is 13.9. The number of hydrogen-bond acceptors (Lipinski definition) is 5. The molecule has 8 heteroatoms. The topological polar surface area (TPSA) is 69.0 Å². The second kappa shape index (κ2) is 8.92. The molecule has 0 aliphatic heterocycles. The Hall–Kier alpha value is -3.52. The third-order valence-corrected chi connectivity index (χ3v) is 6.41. The van der Waals surface area contributed by atoms with Gasteiger partial charge in [0.1, 0.15) is 16.4 Å². The van der Waals surface area contributed by atoms with E-state index in [1.54, 1.807) is 30.8 Å². The van der Waals surface area contributed by atoms with Crippen molar-refractivity contribution in [3.8, 4) is 10.9 Å². The van der Waals surface area contributed by atoms with Crippen LogP contribution in [0.2, 0.25) is 0 Å². The molecule has 0 spiro atoms. The quantitative estimate of drug-likeness (QED) is 0.436. The van der Waals surface area contributed by atoms with Crippen molar-refractivity contribution in [2.75, 3.05) is 12.4 Å². The molecular weight excluding hydrogens is 427 g/mol. The molecule has 0 aliphatic carbocycles. The Kier molecular flexibility index (Phi) is 6.05. The van der Waals surface area contributed by atoms with Crippen LogP contribution >= 0.6 is 11.3 Å². The van der Waals surface area contributed by atoms with Gasteiger partial charge in [-0.05, 0) is 50.6 Å². The summed E-state index contributed by atoms with van der Waals surface area (Å²) in [4.78, 5) is 17.7. The Morgan fingerprint density at radius 1 is 1.09 bits per heavy atom. The van der Waals surface area contributed by atoms with Crippen LogP contribution in [0.4, 0.5) is 10.1 Å². The molecule has 0 saturated heterocycles. The van der Waals surface area contributed by atoms with Crippen LogP contribution in [0.5, 0.6) is 5.75 Å². The Labute approximate surface area is 189 Å². The highest BCUT2D eigenvalue weighted by atomic mass is 32.1. The van der Waals surface area contributed by atoms with E-state index in [-0.39, 0.29) is 5.69 Å². The summed E-state index contributed by atoms with van der Waals surface area (Å²) >= 11 is 1.23. The molecule has 0 radical (unpaired) electrons. The third kappa shape index (κ3) is 4.27. The summed E-state index contributed by atoms with van der Waals surface area (Å²) in [5.74, 6) is -0.0568. The first-order valence-electron chi connectivity index (χ1n) is 10.1. The number of ether oxygens (including phenoxy) is 1. The molecule has 0 atom stereocenters. The Bertz CT molecular complexity index is 1280. The van der Waals surface area contributed by atoms with Gasteiger partial charge in [-0.1, -0.05) is 35.6 Å². The Balaban J connectivity index is 1.60. The average molecular weight is 451 g/mol. The number of benzene rings is 2. The number of nitrogens with one attached hydrogen (secondary N) is 1. The van der Waals surface area contributed by atoms with Crippen LogP contribution in [0, 0.1) is 26.6 Å². The maximum atomic E-state index is 13.9. The van der Waals surface area contributed by atoms with E-state index in [0.717, 1.165) is 34.7 Å². The predicted molar refractivity (Wildman–Crippen MR) is 124 cm³/mol. The van der Waals surface area contributed by atoms with Crippen molar-refractivity contribution in [2.24, 2.45) is 0 Å². The maximum Gasteiger partial charge on any atom is 0.267 e. The van der Waals surface area contributed by atoms with Gasteiger partial charge in [0.05, 0.1) is 24.2 Å². The molecule has 2 heterocycles. The Morgan fingerprint density at radius 3 is 2.50 bits per heavy atom. The minimum Gasteiger partial charge on any atom is -0.497 e. The van der Waals surface area contributed by atoms with E-state index in [2.05, 4.69) is 15.4 Å². The van der Waals surface area contributed by atoms with E-state index in [0.29, 0.717) is 15.7 Å². The number of aryl methyl sites for hydroxylation is 2. The molecular formula is C24H23FN4O2S. The second-order valence-electron chi connectivity index (χ2n) is 7.43. The van der Waals surface area contributed by atoms with Gasteiger partial charge < -0.3 is 10.1 Å². The van der Waals surface area contributed by atoms with Crippen molar-refractivity contribution >= 4 is 22.9 Å². The van der Waals surface area contributed by atoms with Crippen LogP contribution in [0.1, 0.15) is 37.9 Å². The van der Waals surface area contributed by atoms with Gasteiger partial charge in [-0.25, -0.2) is 14.1 Å². The molecule has 1 amide bonds. The molecule has 32 heavy (non-hydrogen) atoms. The normalized spacial score (nSPS) is 10.9. The van der Waals surface area contributed by atoms with Gasteiger partial charge in [-0.3, -0.25) is 4.79 Å².